The van der Waals surface area contributed by atoms with E-state index in [9.17, 15) is 9.18 Å². The molecule has 0 spiro atoms. The van der Waals surface area contributed by atoms with Gasteiger partial charge in [-0.15, -0.1) is 0 Å². The number of nitrogens with two attached hydrogens (primary N) is 1. The molecule has 2 amide bonds. The summed E-state index contributed by atoms with van der Waals surface area (Å²) >= 11 is 0. The number of carbonyl (C=O) groups is 1. The van der Waals surface area contributed by atoms with Gasteiger partial charge in [-0.3, -0.25) is 0 Å². The molecule has 0 aromatic heterocycles. The van der Waals surface area contributed by atoms with Crippen LogP contribution in [0.25, 0.3) is 0 Å². The van der Waals surface area contributed by atoms with Crippen LogP contribution in [0.15, 0.2) is 24.3 Å². The van der Waals surface area contributed by atoms with Gasteiger partial charge in [0.1, 0.15) is 5.82 Å². The van der Waals surface area contributed by atoms with E-state index in [1.807, 2.05) is 0 Å². The van der Waals surface area contributed by atoms with E-state index in [0.717, 1.165) is 0 Å². The monoisotopic (exact) mass is 265 g/mol. The van der Waals surface area contributed by atoms with Gasteiger partial charge in [0.15, 0.2) is 0 Å². The summed E-state index contributed by atoms with van der Waals surface area (Å²) in [5.74, 6) is 0.245. The lowest BCUT2D eigenvalue weighted by Crippen LogP contribution is -2.54. The number of urea groups is 1. The van der Waals surface area contributed by atoms with Gasteiger partial charge in [0.2, 0.25) is 0 Å². The predicted molar refractivity (Wildman–Crippen MR) is 73.3 cm³/mol. The minimum Gasteiger partial charge on any atom is -0.327 e. The lowest BCUT2D eigenvalue weighted by atomic mass is 9.87. The van der Waals surface area contributed by atoms with Crippen LogP contribution < -0.4 is 11.1 Å². The Balaban J connectivity index is 1.98. The number of nitrogens with zero attached hydrogens (tertiary/aromatic N) is 1. The van der Waals surface area contributed by atoms with Crippen LogP contribution in [-0.4, -0.2) is 30.1 Å². The molecule has 0 aliphatic carbocycles. The van der Waals surface area contributed by atoms with Gasteiger partial charge in [-0.25, -0.2) is 9.18 Å². The SMILES string of the molecule is CC1CN(C(=O)Nc2ccc(F)cc2)CC(C)C1N. The zero-order chi connectivity index (χ0) is 14.0. The third kappa shape index (κ3) is 3.23. The van der Waals surface area contributed by atoms with E-state index in [1.54, 1.807) is 17.0 Å². The van der Waals surface area contributed by atoms with Gasteiger partial charge in [0, 0.05) is 24.8 Å². The molecule has 2 rings (SSSR count). The lowest BCUT2D eigenvalue weighted by molar-refractivity contribution is 0.139. The Bertz CT molecular complexity index is 437. The fourth-order valence-corrected chi connectivity index (χ4v) is 2.48. The molecule has 1 aliphatic rings. The van der Waals surface area contributed by atoms with Crippen LogP contribution in [-0.2, 0) is 0 Å². The van der Waals surface area contributed by atoms with E-state index < -0.39 is 0 Å². The highest BCUT2D eigenvalue weighted by molar-refractivity contribution is 5.89. The zero-order valence-corrected chi connectivity index (χ0v) is 11.3. The Morgan fingerprint density at radius 1 is 1.26 bits per heavy atom. The molecule has 1 aromatic carbocycles. The van der Waals surface area contributed by atoms with Crippen molar-refractivity contribution in [2.45, 2.75) is 19.9 Å². The molecule has 4 nitrogen and oxygen atoms in total. The van der Waals surface area contributed by atoms with Crippen molar-refractivity contribution >= 4 is 11.7 Å². The molecule has 1 fully saturated rings. The second-order valence-electron chi connectivity index (χ2n) is 5.37. The second-order valence-corrected chi connectivity index (χ2v) is 5.37. The number of piperidine rings is 1. The summed E-state index contributed by atoms with van der Waals surface area (Å²) in [5.41, 5.74) is 6.65. The summed E-state index contributed by atoms with van der Waals surface area (Å²) in [5, 5.41) is 2.77. The number of anilines is 1. The molecule has 19 heavy (non-hydrogen) atoms. The largest absolute Gasteiger partial charge is 0.327 e. The number of halogens is 1. The number of rotatable bonds is 1. The van der Waals surface area contributed by atoms with Gasteiger partial charge < -0.3 is 16.0 Å². The summed E-state index contributed by atoms with van der Waals surface area (Å²) in [6.45, 7) is 5.41. The van der Waals surface area contributed by atoms with E-state index in [-0.39, 0.29) is 29.7 Å². The number of amides is 2. The Morgan fingerprint density at radius 2 is 1.79 bits per heavy atom. The fourth-order valence-electron chi connectivity index (χ4n) is 2.48. The first-order chi connectivity index (χ1) is 8.97. The van der Waals surface area contributed by atoms with Crippen molar-refractivity contribution in [1.29, 1.82) is 0 Å². The molecule has 1 aromatic rings. The smallest absolute Gasteiger partial charge is 0.321 e. The van der Waals surface area contributed by atoms with Crippen LogP contribution in [0.2, 0.25) is 0 Å². The quantitative estimate of drug-likeness (QED) is 0.818. The summed E-state index contributed by atoms with van der Waals surface area (Å²) in [7, 11) is 0. The van der Waals surface area contributed by atoms with Crippen LogP contribution in [0.3, 0.4) is 0 Å². The third-order valence-corrected chi connectivity index (χ3v) is 3.71. The Kier molecular flexibility index (Phi) is 4.04. The van der Waals surface area contributed by atoms with E-state index >= 15 is 0 Å². The van der Waals surface area contributed by atoms with Crippen molar-refractivity contribution < 1.29 is 9.18 Å². The molecule has 1 heterocycles. The van der Waals surface area contributed by atoms with E-state index in [4.69, 9.17) is 5.73 Å². The normalized spacial score (nSPS) is 27.2. The van der Waals surface area contributed by atoms with Crippen molar-refractivity contribution in [3.63, 3.8) is 0 Å². The molecular weight excluding hydrogens is 245 g/mol. The first kappa shape index (κ1) is 13.8. The summed E-state index contributed by atoms with van der Waals surface area (Å²) < 4.78 is 12.8. The number of likely N-dealkylation sites (tertiary alicyclic amines) is 1. The van der Waals surface area contributed by atoms with Gasteiger partial charge in [-0.05, 0) is 36.1 Å². The Labute approximate surface area is 112 Å². The molecular formula is C14H20FN3O. The number of hydrogen-bond acceptors (Lipinski definition) is 2. The van der Waals surface area contributed by atoms with Gasteiger partial charge in [-0.2, -0.15) is 0 Å². The van der Waals surface area contributed by atoms with Crippen LogP contribution in [0, 0.1) is 17.7 Å². The van der Waals surface area contributed by atoms with Gasteiger partial charge in [0.05, 0.1) is 0 Å². The summed E-state index contributed by atoms with van der Waals surface area (Å²) in [6, 6.07) is 5.73. The molecule has 2 unspecified atom stereocenters. The van der Waals surface area contributed by atoms with Crippen LogP contribution in [0.4, 0.5) is 14.9 Å². The molecule has 1 aliphatic heterocycles. The molecule has 104 valence electrons. The second kappa shape index (κ2) is 5.57. The molecule has 3 N–H and O–H groups in total. The van der Waals surface area contributed by atoms with Crippen molar-refractivity contribution in [2.24, 2.45) is 17.6 Å². The maximum absolute atomic E-state index is 12.8. The fraction of sp³-hybridized carbons (Fsp3) is 0.500. The predicted octanol–water partition coefficient (Wildman–Crippen LogP) is 2.27. The van der Waals surface area contributed by atoms with Crippen molar-refractivity contribution in [2.75, 3.05) is 18.4 Å². The van der Waals surface area contributed by atoms with Crippen LogP contribution >= 0.6 is 0 Å². The number of benzene rings is 1. The van der Waals surface area contributed by atoms with Crippen molar-refractivity contribution in [3.05, 3.63) is 30.1 Å². The lowest BCUT2D eigenvalue weighted by Gasteiger charge is -2.39. The first-order valence-corrected chi connectivity index (χ1v) is 6.54. The first-order valence-electron chi connectivity index (χ1n) is 6.54. The topological polar surface area (TPSA) is 58.4 Å². The zero-order valence-electron chi connectivity index (χ0n) is 11.3. The molecule has 5 heteroatoms. The number of carbonyl (C=O) groups excluding carboxylic acids is 1. The van der Waals surface area contributed by atoms with Gasteiger partial charge in [-0.1, -0.05) is 13.8 Å². The minimum atomic E-state index is -0.316. The molecule has 0 bridgehead atoms. The average Bonchev–Trinajstić information content (AvgIpc) is 2.38. The van der Waals surface area contributed by atoms with Crippen molar-refractivity contribution in [1.82, 2.24) is 4.90 Å². The highest BCUT2D eigenvalue weighted by atomic mass is 19.1. The van der Waals surface area contributed by atoms with E-state index in [0.29, 0.717) is 18.8 Å². The minimum absolute atomic E-state index is 0.134. The molecule has 0 saturated carbocycles. The summed E-state index contributed by atoms with van der Waals surface area (Å²) in [6.07, 6.45) is 0. The Hall–Kier alpha value is -1.62. The molecule has 1 saturated heterocycles. The number of nitrogens with one attached hydrogen (secondary N) is 1. The van der Waals surface area contributed by atoms with E-state index in [1.165, 1.54) is 12.1 Å². The average molecular weight is 265 g/mol. The molecule has 2 atom stereocenters. The molecule has 0 radical (unpaired) electrons. The summed E-state index contributed by atoms with van der Waals surface area (Å²) in [4.78, 5) is 13.9. The maximum Gasteiger partial charge on any atom is 0.321 e. The maximum atomic E-state index is 12.8. The van der Waals surface area contributed by atoms with Crippen LogP contribution in [0.1, 0.15) is 13.8 Å². The number of hydrogen-bond donors (Lipinski definition) is 2. The third-order valence-electron chi connectivity index (χ3n) is 3.71. The van der Waals surface area contributed by atoms with Gasteiger partial charge >= 0.3 is 6.03 Å². The Morgan fingerprint density at radius 3 is 2.32 bits per heavy atom. The van der Waals surface area contributed by atoms with Crippen molar-refractivity contribution in [3.8, 4) is 0 Å². The van der Waals surface area contributed by atoms with E-state index in [2.05, 4.69) is 19.2 Å². The van der Waals surface area contributed by atoms with Crippen LogP contribution in [0.5, 0.6) is 0 Å². The standard InChI is InChI=1S/C14H20FN3O/c1-9-7-18(8-10(2)13(9)16)14(19)17-12-5-3-11(15)4-6-12/h3-6,9-10,13H,7-8,16H2,1-2H3,(H,17,19). The highest BCUT2D eigenvalue weighted by Gasteiger charge is 2.31. The highest BCUT2D eigenvalue weighted by Crippen LogP contribution is 2.21. The van der Waals surface area contributed by atoms with Gasteiger partial charge in [0.25, 0.3) is 0 Å².